The fourth-order valence-corrected chi connectivity index (χ4v) is 2.74. The Bertz CT molecular complexity index is 598. The van der Waals surface area contributed by atoms with Crippen LogP contribution in [-0.2, 0) is 4.79 Å². The summed E-state index contributed by atoms with van der Waals surface area (Å²) in [6.07, 6.45) is 3.47. The minimum Gasteiger partial charge on any atom is -0.356 e. The Balaban J connectivity index is 1.88. The van der Waals surface area contributed by atoms with Gasteiger partial charge in [0.15, 0.2) is 0 Å². The molecule has 0 bridgehead atoms. The fourth-order valence-electron chi connectivity index (χ4n) is 2.74. The molecule has 2 aromatic rings. The summed E-state index contributed by atoms with van der Waals surface area (Å²) >= 11 is 0. The highest BCUT2D eigenvalue weighted by molar-refractivity contribution is 5.89. The van der Waals surface area contributed by atoms with Gasteiger partial charge >= 0.3 is 0 Å². The molecule has 1 fully saturated rings. The van der Waals surface area contributed by atoms with E-state index in [9.17, 15) is 4.79 Å². The average molecular weight is 255 g/mol. The van der Waals surface area contributed by atoms with Gasteiger partial charge in [0.25, 0.3) is 0 Å². The Labute approximate surface area is 112 Å². The van der Waals surface area contributed by atoms with Crippen molar-refractivity contribution in [3.63, 3.8) is 0 Å². The molecule has 0 aliphatic carbocycles. The van der Waals surface area contributed by atoms with Crippen LogP contribution in [-0.4, -0.2) is 28.8 Å². The summed E-state index contributed by atoms with van der Waals surface area (Å²) in [5.74, 6) is 1.53. The number of nitrogens with zero attached hydrogens (tertiary/aromatic N) is 3. The van der Waals surface area contributed by atoms with Gasteiger partial charge in [0.1, 0.15) is 17.9 Å². The third kappa shape index (κ3) is 2.30. The summed E-state index contributed by atoms with van der Waals surface area (Å²) in [6, 6.07) is 8.06. The van der Waals surface area contributed by atoms with E-state index in [4.69, 9.17) is 0 Å². The van der Waals surface area contributed by atoms with E-state index in [0.717, 1.165) is 42.7 Å². The predicted octanol–water partition coefficient (Wildman–Crippen LogP) is 2.44. The summed E-state index contributed by atoms with van der Waals surface area (Å²) in [7, 11) is 0. The summed E-state index contributed by atoms with van der Waals surface area (Å²) in [6.45, 7) is 3.48. The first-order valence-electron chi connectivity index (χ1n) is 6.71. The van der Waals surface area contributed by atoms with E-state index < -0.39 is 0 Å². The average Bonchev–Trinajstić information content (AvgIpc) is 2.47. The number of Topliss-reactive ketones (excluding diaryl/α,β-unsaturated/α-hetero) is 1. The molecule has 19 heavy (non-hydrogen) atoms. The second-order valence-electron chi connectivity index (χ2n) is 5.09. The van der Waals surface area contributed by atoms with E-state index in [1.165, 1.54) is 0 Å². The normalized spacial score (nSPS) is 16.8. The highest BCUT2D eigenvalue weighted by atomic mass is 16.1. The monoisotopic (exact) mass is 255 g/mol. The van der Waals surface area contributed by atoms with Crippen LogP contribution >= 0.6 is 0 Å². The zero-order chi connectivity index (χ0) is 13.2. The van der Waals surface area contributed by atoms with Crippen molar-refractivity contribution in [3.8, 4) is 0 Å². The molecule has 0 spiro atoms. The molecule has 0 radical (unpaired) electrons. The third-order valence-corrected chi connectivity index (χ3v) is 3.89. The molecule has 0 saturated carbocycles. The van der Waals surface area contributed by atoms with Crippen LogP contribution in [0.15, 0.2) is 30.6 Å². The summed E-state index contributed by atoms with van der Waals surface area (Å²) in [4.78, 5) is 22.4. The van der Waals surface area contributed by atoms with Crippen molar-refractivity contribution >= 4 is 22.5 Å². The van der Waals surface area contributed by atoms with Crippen molar-refractivity contribution in [2.24, 2.45) is 5.92 Å². The number of ketones is 1. The molecule has 2 heterocycles. The lowest BCUT2D eigenvalue weighted by molar-refractivity contribution is -0.121. The molecule has 1 aromatic heterocycles. The zero-order valence-corrected chi connectivity index (χ0v) is 11.0. The molecule has 0 unspecified atom stereocenters. The first-order valence-corrected chi connectivity index (χ1v) is 6.71. The highest BCUT2D eigenvalue weighted by Gasteiger charge is 2.23. The topological polar surface area (TPSA) is 46.1 Å². The van der Waals surface area contributed by atoms with Crippen LogP contribution < -0.4 is 4.90 Å². The number of carbonyl (C=O) groups excluding carboxylic acids is 1. The van der Waals surface area contributed by atoms with Crippen LogP contribution in [0.25, 0.3) is 10.9 Å². The van der Waals surface area contributed by atoms with Gasteiger partial charge in [0.2, 0.25) is 0 Å². The molecule has 1 aliphatic heterocycles. The number of benzene rings is 1. The molecule has 4 nitrogen and oxygen atoms in total. The molecular weight excluding hydrogens is 238 g/mol. The van der Waals surface area contributed by atoms with Gasteiger partial charge in [-0.3, -0.25) is 4.79 Å². The van der Waals surface area contributed by atoms with E-state index in [1.807, 2.05) is 18.2 Å². The van der Waals surface area contributed by atoms with E-state index in [2.05, 4.69) is 20.9 Å². The number of carbonyl (C=O) groups is 1. The summed E-state index contributed by atoms with van der Waals surface area (Å²) in [5, 5.41) is 1.09. The van der Waals surface area contributed by atoms with E-state index in [0.29, 0.717) is 5.78 Å². The van der Waals surface area contributed by atoms with Crippen molar-refractivity contribution in [1.82, 2.24) is 9.97 Å². The number of aromatic nitrogens is 2. The summed E-state index contributed by atoms with van der Waals surface area (Å²) in [5.41, 5.74) is 0.973. The lowest BCUT2D eigenvalue weighted by Crippen LogP contribution is -2.36. The Morgan fingerprint density at radius 3 is 2.68 bits per heavy atom. The van der Waals surface area contributed by atoms with Crippen molar-refractivity contribution in [2.75, 3.05) is 18.0 Å². The standard InChI is InChI=1S/C15H17N3O/c1-11(19)12-6-8-18(9-7-12)15-13-4-2-3-5-14(13)16-10-17-15/h2-5,10,12H,6-9H2,1H3. The Hall–Kier alpha value is -1.97. The fraction of sp³-hybridized carbons (Fsp3) is 0.400. The van der Waals surface area contributed by atoms with E-state index in [1.54, 1.807) is 13.3 Å². The lowest BCUT2D eigenvalue weighted by atomic mass is 9.93. The van der Waals surface area contributed by atoms with Crippen LogP contribution in [0.4, 0.5) is 5.82 Å². The quantitative estimate of drug-likeness (QED) is 0.827. The highest BCUT2D eigenvalue weighted by Crippen LogP contribution is 2.27. The molecule has 1 aromatic carbocycles. The Morgan fingerprint density at radius 2 is 1.95 bits per heavy atom. The van der Waals surface area contributed by atoms with E-state index >= 15 is 0 Å². The number of anilines is 1. The SMILES string of the molecule is CC(=O)C1CCN(c2ncnc3ccccc23)CC1. The number of piperidine rings is 1. The van der Waals surface area contributed by atoms with Gasteiger partial charge < -0.3 is 4.90 Å². The Morgan fingerprint density at radius 1 is 1.21 bits per heavy atom. The number of rotatable bonds is 2. The molecule has 1 saturated heterocycles. The van der Waals surface area contributed by atoms with Gasteiger partial charge in [0, 0.05) is 24.4 Å². The molecule has 1 aliphatic rings. The molecule has 98 valence electrons. The van der Waals surface area contributed by atoms with Crippen LogP contribution in [0.5, 0.6) is 0 Å². The van der Waals surface area contributed by atoms with E-state index in [-0.39, 0.29) is 5.92 Å². The Kier molecular flexibility index (Phi) is 3.15. The number of fused-ring (bicyclic) bond motifs is 1. The second kappa shape index (κ2) is 4.96. The summed E-state index contributed by atoms with van der Waals surface area (Å²) < 4.78 is 0. The van der Waals surface area contributed by atoms with Gasteiger partial charge in [-0.15, -0.1) is 0 Å². The molecule has 0 atom stereocenters. The van der Waals surface area contributed by atoms with Gasteiger partial charge in [-0.05, 0) is 31.9 Å². The van der Waals surface area contributed by atoms with Crippen molar-refractivity contribution in [1.29, 1.82) is 0 Å². The molecular formula is C15H17N3O. The van der Waals surface area contributed by atoms with Gasteiger partial charge in [-0.25, -0.2) is 9.97 Å². The van der Waals surface area contributed by atoms with Crippen LogP contribution in [0, 0.1) is 5.92 Å². The van der Waals surface area contributed by atoms with Crippen molar-refractivity contribution in [3.05, 3.63) is 30.6 Å². The smallest absolute Gasteiger partial charge is 0.139 e. The number of hydrogen-bond acceptors (Lipinski definition) is 4. The molecule has 3 rings (SSSR count). The maximum absolute atomic E-state index is 11.4. The number of hydrogen-bond donors (Lipinski definition) is 0. The van der Waals surface area contributed by atoms with Gasteiger partial charge in [0.05, 0.1) is 5.52 Å². The first-order chi connectivity index (χ1) is 9.25. The zero-order valence-electron chi connectivity index (χ0n) is 11.0. The van der Waals surface area contributed by atoms with Gasteiger partial charge in [-0.2, -0.15) is 0 Å². The van der Waals surface area contributed by atoms with Crippen LogP contribution in [0.1, 0.15) is 19.8 Å². The maximum atomic E-state index is 11.4. The minimum atomic E-state index is 0.226. The molecule has 4 heteroatoms. The largest absolute Gasteiger partial charge is 0.356 e. The lowest BCUT2D eigenvalue weighted by Gasteiger charge is -2.32. The van der Waals surface area contributed by atoms with Crippen molar-refractivity contribution < 1.29 is 4.79 Å². The third-order valence-electron chi connectivity index (χ3n) is 3.89. The molecule has 0 amide bonds. The minimum absolute atomic E-state index is 0.226. The van der Waals surface area contributed by atoms with Crippen LogP contribution in [0.3, 0.4) is 0 Å². The predicted molar refractivity (Wildman–Crippen MR) is 75.2 cm³/mol. The number of para-hydroxylation sites is 1. The first kappa shape index (κ1) is 12.1. The van der Waals surface area contributed by atoms with Crippen LogP contribution in [0.2, 0.25) is 0 Å². The van der Waals surface area contributed by atoms with Gasteiger partial charge in [-0.1, -0.05) is 12.1 Å². The maximum Gasteiger partial charge on any atom is 0.139 e. The molecule has 0 N–H and O–H groups in total. The van der Waals surface area contributed by atoms with Crippen molar-refractivity contribution in [2.45, 2.75) is 19.8 Å². The second-order valence-corrected chi connectivity index (χ2v) is 5.09.